The molecule has 7 nitrogen and oxygen atoms in total. The molecule has 0 radical (unpaired) electrons. The summed E-state index contributed by atoms with van der Waals surface area (Å²) < 4.78 is 34.5. The van der Waals surface area contributed by atoms with Crippen LogP contribution in [0.5, 0.6) is 0 Å². The quantitative estimate of drug-likeness (QED) is 0.620. The third-order valence-corrected chi connectivity index (χ3v) is 8.94. The van der Waals surface area contributed by atoms with Gasteiger partial charge in [-0.1, -0.05) is 6.42 Å². The smallest absolute Gasteiger partial charge is 0.253 e. The lowest BCUT2D eigenvalue weighted by atomic mass is 10.1. The highest BCUT2D eigenvalue weighted by atomic mass is 32.2. The number of hydrogen-bond donors (Lipinski definition) is 0. The summed E-state index contributed by atoms with van der Waals surface area (Å²) in [7, 11) is -3.65. The maximum Gasteiger partial charge on any atom is 0.253 e. The van der Waals surface area contributed by atoms with Gasteiger partial charge in [-0.15, -0.1) is 0 Å². The molecule has 3 aliphatic heterocycles. The summed E-state index contributed by atoms with van der Waals surface area (Å²) in [6, 6.07) is 5.32. The number of hydrogen-bond acceptors (Lipinski definition) is 5. The van der Waals surface area contributed by atoms with E-state index in [0.717, 1.165) is 63.9 Å². The molecule has 1 atom stereocenters. The maximum atomic E-state index is 13.7. The minimum Gasteiger partial charge on any atom is -0.381 e. The van der Waals surface area contributed by atoms with E-state index in [9.17, 15) is 13.2 Å². The molecule has 0 bridgehead atoms. The van der Waals surface area contributed by atoms with E-state index in [1.807, 2.05) is 24.0 Å². The average Bonchev–Trinajstić information content (AvgIpc) is 3.36. The molecule has 3 saturated heterocycles. The van der Waals surface area contributed by atoms with Crippen molar-refractivity contribution in [2.75, 3.05) is 57.4 Å². The topological polar surface area (TPSA) is 70.2 Å². The van der Waals surface area contributed by atoms with Crippen LogP contribution in [0.4, 0.5) is 5.69 Å². The minimum atomic E-state index is -3.65. The van der Waals surface area contributed by atoms with Crippen molar-refractivity contribution < 1.29 is 17.9 Å². The van der Waals surface area contributed by atoms with Gasteiger partial charge in [0.15, 0.2) is 0 Å². The van der Waals surface area contributed by atoms with Gasteiger partial charge in [0.05, 0.1) is 12.3 Å². The number of rotatable bonds is 7. The molecule has 1 aromatic carbocycles. The first-order chi connectivity index (χ1) is 15.5. The summed E-state index contributed by atoms with van der Waals surface area (Å²) in [4.78, 5) is 17.7. The van der Waals surface area contributed by atoms with Crippen molar-refractivity contribution in [3.05, 3.63) is 23.8 Å². The number of sulfonamides is 1. The number of anilines is 1. The van der Waals surface area contributed by atoms with Gasteiger partial charge in [-0.3, -0.25) is 4.79 Å². The molecule has 3 heterocycles. The summed E-state index contributed by atoms with van der Waals surface area (Å²) >= 11 is 0. The molecule has 1 aromatic rings. The van der Waals surface area contributed by atoms with E-state index in [1.165, 1.54) is 6.42 Å². The second-order valence-corrected chi connectivity index (χ2v) is 11.2. The van der Waals surface area contributed by atoms with Gasteiger partial charge in [0, 0.05) is 57.4 Å². The van der Waals surface area contributed by atoms with Crippen LogP contribution in [0.25, 0.3) is 0 Å². The lowest BCUT2D eigenvalue weighted by molar-refractivity contribution is 0.0730. The second kappa shape index (κ2) is 10.5. The molecular weight excluding hydrogens is 426 g/mol. The van der Waals surface area contributed by atoms with E-state index in [1.54, 1.807) is 10.4 Å². The zero-order chi connectivity index (χ0) is 22.6. The number of carbonyl (C=O) groups excluding carboxylic acids is 1. The van der Waals surface area contributed by atoms with Crippen molar-refractivity contribution in [3.8, 4) is 0 Å². The Morgan fingerprint density at radius 1 is 1.06 bits per heavy atom. The summed E-state index contributed by atoms with van der Waals surface area (Å²) in [6.07, 6.45) is 7.13. The Morgan fingerprint density at radius 3 is 2.38 bits per heavy atom. The zero-order valence-electron chi connectivity index (χ0n) is 19.3. The lowest BCUT2D eigenvalue weighted by Crippen LogP contribution is -2.38. The first-order valence-electron chi connectivity index (χ1n) is 12.3. The van der Waals surface area contributed by atoms with Gasteiger partial charge in [0.1, 0.15) is 4.90 Å². The van der Waals surface area contributed by atoms with Gasteiger partial charge < -0.3 is 14.5 Å². The van der Waals surface area contributed by atoms with Gasteiger partial charge in [-0.25, -0.2) is 8.42 Å². The highest BCUT2D eigenvalue weighted by molar-refractivity contribution is 7.89. The molecule has 1 unspecified atom stereocenters. The number of piperidine rings is 2. The Bertz CT molecular complexity index is 887. The van der Waals surface area contributed by atoms with Crippen LogP contribution in [0.1, 0.15) is 62.2 Å². The van der Waals surface area contributed by atoms with Crippen LogP contribution in [-0.4, -0.2) is 76.0 Å². The van der Waals surface area contributed by atoms with Crippen molar-refractivity contribution in [2.45, 2.75) is 56.8 Å². The number of amides is 1. The molecule has 0 aliphatic carbocycles. The Hall–Kier alpha value is -1.64. The second-order valence-electron chi connectivity index (χ2n) is 9.27. The van der Waals surface area contributed by atoms with Crippen LogP contribution >= 0.6 is 0 Å². The number of ether oxygens (including phenoxy) is 1. The van der Waals surface area contributed by atoms with E-state index in [0.29, 0.717) is 49.2 Å². The predicted octanol–water partition coefficient (Wildman–Crippen LogP) is 3.35. The minimum absolute atomic E-state index is 0.0975. The van der Waals surface area contributed by atoms with Gasteiger partial charge in [0.2, 0.25) is 10.0 Å². The largest absolute Gasteiger partial charge is 0.381 e. The molecule has 0 spiro atoms. The molecule has 8 heteroatoms. The molecule has 178 valence electrons. The fourth-order valence-electron chi connectivity index (χ4n) is 5.07. The Morgan fingerprint density at radius 2 is 1.75 bits per heavy atom. The Kier molecular flexibility index (Phi) is 7.74. The average molecular weight is 464 g/mol. The fraction of sp³-hybridized carbons (Fsp3) is 0.708. The molecule has 4 rings (SSSR count). The van der Waals surface area contributed by atoms with Crippen molar-refractivity contribution in [3.63, 3.8) is 0 Å². The van der Waals surface area contributed by atoms with E-state index in [4.69, 9.17) is 4.74 Å². The maximum absolute atomic E-state index is 13.7. The normalized spacial score (nSPS) is 22.8. The predicted molar refractivity (Wildman–Crippen MR) is 126 cm³/mol. The van der Waals surface area contributed by atoms with E-state index < -0.39 is 10.0 Å². The molecule has 0 aromatic heterocycles. The van der Waals surface area contributed by atoms with Crippen molar-refractivity contribution in [2.24, 2.45) is 5.92 Å². The first-order valence-corrected chi connectivity index (χ1v) is 13.7. The number of nitrogens with zero attached hydrogens (tertiary/aromatic N) is 3. The van der Waals surface area contributed by atoms with Gasteiger partial charge in [-0.2, -0.15) is 4.31 Å². The van der Waals surface area contributed by atoms with E-state index >= 15 is 0 Å². The summed E-state index contributed by atoms with van der Waals surface area (Å²) in [6.45, 7) is 7.49. The van der Waals surface area contributed by atoms with Crippen LogP contribution in [0.3, 0.4) is 0 Å². The highest BCUT2D eigenvalue weighted by Crippen LogP contribution is 2.33. The van der Waals surface area contributed by atoms with E-state index in [2.05, 4.69) is 4.90 Å². The lowest BCUT2D eigenvalue weighted by Gasteiger charge is -2.33. The summed E-state index contributed by atoms with van der Waals surface area (Å²) in [5.74, 6) is 0.253. The molecule has 0 saturated carbocycles. The van der Waals surface area contributed by atoms with Crippen molar-refractivity contribution >= 4 is 21.6 Å². The monoisotopic (exact) mass is 463 g/mol. The van der Waals surface area contributed by atoms with Crippen LogP contribution in [0.15, 0.2) is 23.1 Å². The molecule has 1 amide bonds. The van der Waals surface area contributed by atoms with Crippen molar-refractivity contribution in [1.29, 1.82) is 0 Å². The highest BCUT2D eigenvalue weighted by Gasteiger charge is 2.32. The Labute approximate surface area is 192 Å². The third-order valence-electron chi connectivity index (χ3n) is 7.01. The van der Waals surface area contributed by atoms with Crippen molar-refractivity contribution in [1.82, 2.24) is 9.21 Å². The van der Waals surface area contributed by atoms with Crippen LogP contribution in [0, 0.1) is 5.92 Å². The fourth-order valence-corrected chi connectivity index (χ4v) is 6.83. The standard InChI is InChI=1S/C24H37N3O4S/c1-2-25(18-20-11-16-31-19-20)24(28)21-9-10-22(26-12-5-3-6-13-26)23(17-21)32(29,30)27-14-7-4-8-15-27/h9-10,17,20H,2-8,11-16,18-19H2,1H3. The number of benzene rings is 1. The SMILES string of the molecule is CCN(CC1CCOC1)C(=O)c1ccc(N2CCCCC2)c(S(=O)(=O)N2CCCCC2)c1. The van der Waals surface area contributed by atoms with Gasteiger partial charge >= 0.3 is 0 Å². The number of carbonyl (C=O) groups is 1. The van der Waals surface area contributed by atoms with Gasteiger partial charge in [0.25, 0.3) is 5.91 Å². The van der Waals surface area contributed by atoms with E-state index in [-0.39, 0.29) is 5.91 Å². The molecule has 3 aliphatic rings. The Balaban J connectivity index is 1.66. The zero-order valence-corrected chi connectivity index (χ0v) is 20.1. The molecule has 3 fully saturated rings. The van der Waals surface area contributed by atoms with Crippen LogP contribution in [-0.2, 0) is 14.8 Å². The summed E-state index contributed by atoms with van der Waals surface area (Å²) in [5.41, 5.74) is 1.21. The molecular formula is C24H37N3O4S. The van der Waals surface area contributed by atoms with Crippen LogP contribution in [0.2, 0.25) is 0 Å². The third kappa shape index (κ3) is 5.13. The van der Waals surface area contributed by atoms with Gasteiger partial charge in [-0.05, 0) is 63.6 Å². The molecule has 32 heavy (non-hydrogen) atoms. The molecule has 0 N–H and O–H groups in total. The first kappa shape index (κ1) is 23.5. The van der Waals surface area contributed by atoms with Crippen LogP contribution < -0.4 is 4.90 Å². The summed E-state index contributed by atoms with van der Waals surface area (Å²) in [5, 5.41) is 0.